The lowest BCUT2D eigenvalue weighted by molar-refractivity contribution is 0.538. The van der Waals surface area contributed by atoms with Gasteiger partial charge in [-0.3, -0.25) is 0 Å². The van der Waals surface area contributed by atoms with Crippen LogP contribution < -0.4 is 11.5 Å². The molecule has 0 bridgehead atoms. The summed E-state index contributed by atoms with van der Waals surface area (Å²) < 4.78 is 0. The van der Waals surface area contributed by atoms with Crippen LogP contribution in [0.2, 0.25) is 0 Å². The maximum Gasteiger partial charge on any atom is 0.0149 e. The van der Waals surface area contributed by atoms with E-state index in [0.717, 1.165) is 5.57 Å². The van der Waals surface area contributed by atoms with Crippen LogP contribution in [0.1, 0.15) is 20.8 Å². The van der Waals surface area contributed by atoms with E-state index in [1.807, 2.05) is 0 Å². The Bertz CT molecular complexity index is 114. The Kier molecular flexibility index (Phi) is 3.61. The Hall–Kier alpha value is -0.340. The summed E-state index contributed by atoms with van der Waals surface area (Å²) in [7, 11) is 0. The molecule has 60 valence electrons. The van der Waals surface area contributed by atoms with Crippen molar-refractivity contribution >= 4 is 0 Å². The molecule has 0 aliphatic rings. The van der Waals surface area contributed by atoms with Crippen molar-refractivity contribution in [3.05, 3.63) is 11.6 Å². The zero-order valence-corrected chi connectivity index (χ0v) is 7.15. The first kappa shape index (κ1) is 9.66. The summed E-state index contributed by atoms with van der Waals surface area (Å²) in [6.45, 7) is 7.57. The SMILES string of the molecule is CC(C)(C)C=C(CN)CN. The van der Waals surface area contributed by atoms with E-state index < -0.39 is 0 Å². The lowest BCUT2D eigenvalue weighted by Crippen LogP contribution is -2.15. The van der Waals surface area contributed by atoms with Gasteiger partial charge in [-0.25, -0.2) is 0 Å². The van der Waals surface area contributed by atoms with Gasteiger partial charge in [-0.15, -0.1) is 0 Å². The first-order valence-corrected chi connectivity index (χ1v) is 3.60. The standard InChI is InChI=1S/C8H18N2/c1-8(2,3)4-7(5-9)6-10/h4H,5-6,9-10H2,1-3H3. The zero-order valence-electron chi connectivity index (χ0n) is 7.15. The molecule has 0 aromatic carbocycles. The van der Waals surface area contributed by atoms with Gasteiger partial charge in [-0.1, -0.05) is 26.8 Å². The number of hydrogen-bond acceptors (Lipinski definition) is 2. The van der Waals surface area contributed by atoms with E-state index in [1.165, 1.54) is 0 Å². The smallest absolute Gasteiger partial charge is 0.0149 e. The van der Waals surface area contributed by atoms with Crippen LogP contribution in [0.4, 0.5) is 0 Å². The van der Waals surface area contributed by atoms with Gasteiger partial charge in [0.1, 0.15) is 0 Å². The molecule has 0 radical (unpaired) electrons. The molecule has 0 aromatic heterocycles. The Balaban J connectivity index is 4.11. The molecule has 0 aromatic rings. The summed E-state index contributed by atoms with van der Waals surface area (Å²) in [5.74, 6) is 0. The highest BCUT2D eigenvalue weighted by molar-refractivity contribution is 5.09. The molecule has 0 unspecified atom stereocenters. The predicted molar refractivity (Wildman–Crippen MR) is 45.6 cm³/mol. The molecule has 10 heavy (non-hydrogen) atoms. The molecule has 0 aliphatic carbocycles. The van der Waals surface area contributed by atoms with E-state index in [-0.39, 0.29) is 5.41 Å². The van der Waals surface area contributed by atoms with Crippen LogP contribution in [0.25, 0.3) is 0 Å². The third kappa shape index (κ3) is 4.53. The Morgan fingerprint density at radius 3 is 1.70 bits per heavy atom. The fourth-order valence-corrected chi connectivity index (χ4v) is 0.814. The second-order valence-corrected chi connectivity index (χ2v) is 3.58. The fourth-order valence-electron chi connectivity index (χ4n) is 0.814. The van der Waals surface area contributed by atoms with Crippen molar-refractivity contribution in [2.24, 2.45) is 16.9 Å². The first-order valence-electron chi connectivity index (χ1n) is 3.60. The Morgan fingerprint density at radius 2 is 1.60 bits per heavy atom. The maximum absolute atomic E-state index is 5.44. The number of hydrogen-bond donors (Lipinski definition) is 2. The van der Waals surface area contributed by atoms with E-state index in [2.05, 4.69) is 26.8 Å². The minimum Gasteiger partial charge on any atom is -0.327 e. The lowest BCUT2D eigenvalue weighted by atomic mass is 9.93. The van der Waals surface area contributed by atoms with Gasteiger partial charge >= 0.3 is 0 Å². The molecule has 4 N–H and O–H groups in total. The molecule has 0 saturated carbocycles. The molecule has 0 atom stereocenters. The first-order chi connectivity index (χ1) is 4.49. The lowest BCUT2D eigenvalue weighted by Gasteiger charge is -2.14. The Labute approximate surface area is 63.3 Å². The van der Waals surface area contributed by atoms with E-state index in [1.54, 1.807) is 0 Å². The molecule has 0 rings (SSSR count). The van der Waals surface area contributed by atoms with Crippen molar-refractivity contribution in [1.82, 2.24) is 0 Å². The minimum atomic E-state index is 0.202. The van der Waals surface area contributed by atoms with Crippen molar-refractivity contribution in [2.45, 2.75) is 20.8 Å². The average molecular weight is 142 g/mol. The van der Waals surface area contributed by atoms with Gasteiger partial charge in [-0.05, 0) is 11.0 Å². The number of rotatable bonds is 2. The predicted octanol–water partition coefficient (Wildman–Crippen LogP) is 0.876. The van der Waals surface area contributed by atoms with Gasteiger partial charge in [0.2, 0.25) is 0 Å². The summed E-state index contributed by atoms with van der Waals surface area (Å²) in [6.07, 6.45) is 2.13. The van der Waals surface area contributed by atoms with Crippen molar-refractivity contribution < 1.29 is 0 Å². The van der Waals surface area contributed by atoms with Crippen LogP contribution in [0, 0.1) is 5.41 Å². The van der Waals surface area contributed by atoms with Gasteiger partial charge in [-0.2, -0.15) is 0 Å². The molecule has 0 fully saturated rings. The molecular formula is C8H18N2. The second-order valence-electron chi connectivity index (χ2n) is 3.58. The van der Waals surface area contributed by atoms with Crippen molar-refractivity contribution in [2.75, 3.05) is 13.1 Å². The van der Waals surface area contributed by atoms with E-state index in [0.29, 0.717) is 13.1 Å². The summed E-state index contributed by atoms with van der Waals surface area (Å²) in [5, 5.41) is 0. The summed E-state index contributed by atoms with van der Waals surface area (Å²) >= 11 is 0. The summed E-state index contributed by atoms with van der Waals surface area (Å²) in [5.41, 5.74) is 12.2. The van der Waals surface area contributed by atoms with Crippen LogP contribution in [0.5, 0.6) is 0 Å². The van der Waals surface area contributed by atoms with Crippen molar-refractivity contribution in [3.63, 3.8) is 0 Å². The van der Waals surface area contributed by atoms with Gasteiger partial charge in [0.05, 0.1) is 0 Å². The fraction of sp³-hybridized carbons (Fsp3) is 0.750. The van der Waals surface area contributed by atoms with Crippen LogP contribution in [0.15, 0.2) is 11.6 Å². The zero-order chi connectivity index (χ0) is 8.20. The summed E-state index contributed by atoms with van der Waals surface area (Å²) in [4.78, 5) is 0. The largest absolute Gasteiger partial charge is 0.327 e. The topological polar surface area (TPSA) is 52.0 Å². The number of nitrogens with two attached hydrogens (primary N) is 2. The highest BCUT2D eigenvalue weighted by atomic mass is 14.6. The van der Waals surface area contributed by atoms with Gasteiger partial charge in [0, 0.05) is 13.1 Å². The molecule has 0 spiro atoms. The molecule has 0 heterocycles. The molecule has 2 heteroatoms. The molecular weight excluding hydrogens is 124 g/mol. The third-order valence-corrected chi connectivity index (χ3v) is 1.16. The minimum absolute atomic E-state index is 0.202. The quantitative estimate of drug-likeness (QED) is 0.562. The van der Waals surface area contributed by atoms with Gasteiger partial charge < -0.3 is 11.5 Å². The normalized spacial score (nSPS) is 11.3. The van der Waals surface area contributed by atoms with Crippen LogP contribution in [-0.2, 0) is 0 Å². The van der Waals surface area contributed by atoms with E-state index >= 15 is 0 Å². The van der Waals surface area contributed by atoms with Crippen molar-refractivity contribution in [1.29, 1.82) is 0 Å². The molecule has 0 amide bonds. The molecule has 0 saturated heterocycles. The number of allylic oxidation sites excluding steroid dienone is 1. The third-order valence-electron chi connectivity index (χ3n) is 1.16. The van der Waals surface area contributed by atoms with E-state index in [4.69, 9.17) is 11.5 Å². The average Bonchev–Trinajstić information content (AvgIpc) is 1.81. The van der Waals surface area contributed by atoms with Gasteiger partial charge in [0.25, 0.3) is 0 Å². The maximum atomic E-state index is 5.44. The monoisotopic (exact) mass is 142 g/mol. The highest BCUT2D eigenvalue weighted by Crippen LogP contribution is 2.16. The van der Waals surface area contributed by atoms with Crippen LogP contribution in [-0.4, -0.2) is 13.1 Å². The van der Waals surface area contributed by atoms with Gasteiger partial charge in [0.15, 0.2) is 0 Å². The highest BCUT2D eigenvalue weighted by Gasteiger charge is 2.06. The summed E-state index contributed by atoms with van der Waals surface area (Å²) in [6, 6.07) is 0. The van der Waals surface area contributed by atoms with Crippen molar-refractivity contribution in [3.8, 4) is 0 Å². The Morgan fingerprint density at radius 1 is 1.20 bits per heavy atom. The second kappa shape index (κ2) is 3.74. The van der Waals surface area contributed by atoms with E-state index in [9.17, 15) is 0 Å². The molecule has 0 aliphatic heterocycles. The van der Waals surface area contributed by atoms with Crippen LogP contribution >= 0.6 is 0 Å². The van der Waals surface area contributed by atoms with Crippen LogP contribution in [0.3, 0.4) is 0 Å². The molecule has 2 nitrogen and oxygen atoms in total.